The average molecular weight is 354 g/mol. The van der Waals surface area contributed by atoms with Crippen molar-refractivity contribution in [3.05, 3.63) is 10.1 Å². The van der Waals surface area contributed by atoms with Gasteiger partial charge in [-0.3, -0.25) is 14.9 Å². The number of nitrogens with zero attached hydrogens (tertiary/aromatic N) is 1. The number of carbonyl (C=O) groups excluding carboxylic acids is 1. The van der Waals surface area contributed by atoms with Crippen LogP contribution in [0.25, 0.3) is 0 Å². The third kappa shape index (κ3) is 6.92. The normalized spacial score (nSPS) is 30.0. The van der Waals surface area contributed by atoms with E-state index in [1.165, 1.54) is 25.7 Å². The van der Waals surface area contributed by atoms with E-state index < -0.39 is 6.04 Å². The number of nitrogens with one attached hydrogen (secondary N) is 1. The molecule has 0 aromatic rings. The molecule has 0 spiro atoms. The van der Waals surface area contributed by atoms with Gasteiger partial charge in [0, 0.05) is 23.8 Å². The lowest BCUT2D eigenvalue weighted by atomic mass is 9.85. The van der Waals surface area contributed by atoms with E-state index in [9.17, 15) is 14.9 Å². The van der Waals surface area contributed by atoms with Crippen LogP contribution in [0, 0.1) is 16.0 Å². The molecule has 6 nitrogen and oxygen atoms in total. The topological polar surface area (TPSA) is 81.5 Å². The zero-order valence-corrected chi connectivity index (χ0v) is 15.6. The lowest BCUT2D eigenvalue weighted by Gasteiger charge is -2.30. The van der Waals surface area contributed by atoms with Gasteiger partial charge in [0.1, 0.15) is 6.10 Å². The zero-order valence-electron chi connectivity index (χ0n) is 15.6. The Kier molecular flexibility index (Phi) is 8.65. The van der Waals surface area contributed by atoms with Gasteiger partial charge < -0.3 is 10.1 Å². The van der Waals surface area contributed by atoms with Crippen LogP contribution in [0.2, 0.25) is 0 Å². The molecule has 25 heavy (non-hydrogen) atoms. The first-order valence-electron chi connectivity index (χ1n) is 10.2. The first kappa shape index (κ1) is 20.1. The summed E-state index contributed by atoms with van der Waals surface area (Å²) < 4.78 is 5.64. The predicted molar refractivity (Wildman–Crippen MR) is 97.0 cm³/mol. The molecular weight excluding hydrogens is 320 g/mol. The fourth-order valence-electron chi connectivity index (χ4n) is 4.03. The fourth-order valence-corrected chi connectivity index (χ4v) is 4.03. The summed E-state index contributed by atoms with van der Waals surface area (Å²) in [6.45, 7) is 3.31. The Bertz CT molecular complexity index is 414. The first-order valence-corrected chi connectivity index (χ1v) is 10.2. The molecule has 2 aliphatic carbocycles. The highest BCUT2D eigenvalue weighted by Crippen LogP contribution is 2.28. The minimum absolute atomic E-state index is 0.0198. The van der Waals surface area contributed by atoms with E-state index in [0.717, 1.165) is 32.2 Å². The van der Waals surface area contributed by atoms with E-state index >= 15 is 0 Å². The smallest absolute Gasteiger partial charge is 0.309 e. The first-order chi connectivity index (χ1) is 12.1. The van der Waals surface area contributed by atoms with Crippen molar-refractivity contribution >= 4 is 5.97 Å². The van der Waals surface area contributed by atoms with E-state index in [4.69, 9.17) is 4.74 Å². The quantitative estimate of drug-likeness (QED) is 0.294. The van der Waals surface area contributed by atoms with Crippen molar-refractivity contribution in [3.63, 3.8) is 0 Å². The van der Waals surface area contributed by atoms with Gasteiger partial charge >= 0.3 is 5.97 Å². The van der Waals surface area contributed by atoms with Gasteiger partial charge in [-0.05, 0) is 51.5 Å². The molecule has 144 valence electrons. The Labute approximate surface area is 151 Å². The molecule has 0 bridgehead atoms. The van der Waals surface area contributed by atoms with Gasteiger partial charge in [-0.1, -0.05) is 26.2 Å². The van der Waals surface area contributed by atoms with Crippen LogP contribution >= 0.6 is 0 Å². The molecule has 0 aromatic carbocycles. The van der Waals surface area contributed by atoms with E-state index in [1.807, 2.05) is 0 Å². The van der Waals surface area contributed by atoms with E-state index in [1.54, 1.807) is 0 Å². The summed E-state index contributed by atoms with van der Waals surface area (Å²) >= 11 is 0. The van der Waals surface area contributed by atoms with Crippen LogP contribution in [0.3, 0.4) is 0 Å². The molecule has 2 aliphatic rings. The summed E-state index contributed by atoms with van der Waals surface area (Å²) in [6.07, 6.45) is 11.2. The van der Waals surface area contributed by atoms with Crippen LogP contribution in [0.4, 0.5) is 0 Å². The molecule has 6 heteroatoms. The second-order valence-electron chi connectivity index (χ2n) is 7.72. The van der Waals surface area contributed by atoms with Crippen molar-refractivity contribution < 1.29 is 14.5 Å². The monoisotopic (exact) mass is 354 g/mol. The number of rotatable bonds is 9. The number of unbranched alkanes of at least 4 members (excludes halogenated alkanes) is 3. The summed E-state index contributed by atoms with van der Waals surface area (Å²) in [6, 6.07) is 0.0926. The van der Waals surface area contributed by atoms with Crippen molar-refractivity contribution in [3.8, 4) is 0 Å². The van der Waals surface area contributed by atoms with Gasteiger partial charge in [0.25, 0.3) is 0 Å². The Morgan fingerprint density at radius 2 is 1.72 bits per heavy atom. The van der Waals surface area contributed by atoms with Gasteiger partial charge in [0.05, 0.1) is 5.92 Å². The van der Waals surface area contributed by atoms with Gasteiger partial charge in [0.15, 0.2) is 0 Å². The summed E-state index contributed by atoms with van der Waals surface area (Å²) in [5.41, 5.74) is 0. The van der Waals surface area contributed by atoms with Gasteiger partial charge in [-0.25, -0.2) is 0 Å². The van der Waals surface area contributed by atoms with Gasteiger partial charge in [-0.2, -0.15) is 0 Å². The summed E-state index contributed by atoms with van der Waals surface area (Å²) in [4.78, 5) is 22.9. The largest absolute Gasteiger partial charge is 0.462 e. The molecule has 2 rings (SSSR count). The number of hydrogen-bond acceptors (Lipinski definition) is 5. The second kappa shape index (κ2) is 10.7. The maximum absolute atomic E-state index is 12.3. The van der Waals surface area contributed by atoms with Crippen LogP contribution < -0.4 is 5.32 Å². The number of carbonyl (C=O) groups is 1. The Balaban J connectivity index is 1.59. The van der Waals surface area contributed by atoms with Gasteiger partial charge in [0.2, 0.25) is 6.04 Å². The number of esters is 1. The molecule has 2 saturated carbocycles. The van der Waals surface area contributed by atoms with Crippen molar-refractivity contribution in [2.24, 2.45) is 5.92 Å². The third-order valence-corrected chi connectivity index (χ3v) is 5.75. The molecular formula is C19H34N2O4. The van der Waals surface area contributed by atoms with E-state index in [2.05, 4.69) is 12.2 Å². The van der Waals surface area contributed by atoms with Crippen LogP contribution in [0.5, 0.6) is 0 Å². The standard InChI is InChI=1S/C19H34N2O4/c1-2-3-4-5-14-20-16-8-6-15(7-9-16)19(22)25-18-12-10-17(11-13-18)21(23)24/h15-18,20H,2-14H2,1H3. The van der Waals surface area contributed by atoms with Crippen LogP contribution in [-0.2, 0) is 9.53 Å². The third-order valence-electron chi connectivity index (χ3n) is 5.75. The molecule has 0 heterocycles. The van der Waals surface area contributed by atoms with E-state index in [0.29, 0.717) is 31.7 Å². The lowest BCUT2D eigenvalue weighted by Crippen LogP contribution is -2.37. The highest BCUT2D eigenvalue weighted by molar-refractivity contribution is 5.72. The SMILES string of the molecule is CCCCCCNC1CCC(C(=O)OC2CCC([N+](=O)[O-])CC2)CC1. The summed E-state index contributed by atoms with van der Waals surface area (Å²) in [5, 5.41) is 14.4. The Morgan fingerprint density at radius 1 is 1.04 bits per heavy atom. The molecule has 1 N–H and O–H groups in total. The van der Waals surface area contributed by atoms with Crippen LogP contribution in [0.1, 0.15) is 84.0 Å². The molecule has 0 aromatic heterocycles. The maximum Gasteiger partial charge on any atom is 0.309 e. The highest BCUT2D eigenvalue weighted by atomic mass is 16.6. The average Bonchev–Trinajstić information content (AvgIpc) is 2.62. The summed E-state index contributed by atoms with van der Waals surface area (Å²) in [7, 11) is 0. The lowest BCUT2D eigenvalue weighted by molar-refractivity contribution is -0.527. The van der Waals surface area contributed by atoms with Gasteiger partial charge in [-0.15, -0.1) is 0 Å². The Morgan fingerprint density at radius 3 is 2.32 bits per heavy atom. The fraction of sp³-hybridized carbons (Fsp3) is 0.947. The van der Waals surface area contributed by atoms with Crippen LogP contribution in [0.15, 0.2) is 0 Å². The molecule has 0 unspecified atom stereocenters. The molecule has 0 saturated heterocycles. The minimum Gasteiger partial charge on any atom is -0.462 e. The molecule has 0 atom stereocenters. The second-order valence-corrected chi connectivity index (χ2v) is 7.72. The highest BCUT2D eigenvalue weighted by Gasteiger charge is 2.33. The summed E-state index contributed by atoms with van der Waals surface area (Å²) in [5.74, 6) is -0.0580. The predicted octanol–water partition coefficient (Wildman–Crippen LogP) is 3.85. The van der Waals surface area contributed by atoms with Crippen molar-refractivity contribution in [1.29, 1.82) is 0 Å². The molecule has 0 amide bonds. The van der Waals surface area contributed by atoms with Crippen LogP contribution in [-0.4, -0.2) is 35.6 Å². The van der Waals surface area contributed by atoms with Crippen molar-refractivity contribution in [2.75, 3.05) is 6.54 Å². The number of nitro groups is 1. The number of hydrogen-bond donors (Lipinski definition) is 1. The van der Waals surface area contributed by atoms with E-state index in [-0.39, 0.29) is 22.9 Å². The van der Waals surface area contributed by atoms with Crippen molar-refractivity contribution in [1.82, 2.24) is 5.32 Å². The Hall–Kier alpha value is -1.17. The number of ether oxygens (including phenoxy) is 1. The minimum atomic E-state index is -0.450. The maximum atomic E-state index is 12.3. The molecule has 0 radical (unpaired) electrons. The molecule has 0 aliphatic heterocycles. The van der Waals surface area contributed by atoms with Crippen molar-refractivity contribution in [2.45, 2.75) is 102 Å². The molecule has 2 fully saturated rings. The zero-order chi connectivity index (χ0) is 18.1.